The van der Waals surface area contributed by atoms with Gasteiger partial charge < -0.3 is 9.84 Å². The Labute approximate surface area is 160 Å². The third-order valence-corrected chi connectivity index (χ3v) is 4.49. The first kappa shape index (κ1) is 18.7. The van der Waals surface area contributed by atoms with Crippen LogP contribution in [0.25, 0.3) is 0 Å². The fourth-order valence-corrected chi connectivity index (χ4v) is 2.98. The lowest BCUT2D eigenvalue weighted by atomic mass is 10.0. The Morgan fingerprint density at radius 1 is 0.704 bits per heavy atom. The Balaban J connectivity index is 1.51. The minimum atomic E-state index is -0.775. The smallest absolute Gasteiger partial charge is 0.303 e. The number of aliphatic carboxylic acids is 1. The van der Waals surface area contributed by atoms with E-state index in [1.807, 2.05) is 30.3 Å². The van der Waals surface area contributed by atoms with E-state index in [0.717, 1.165) is 29.7 Å². The molecule has 3 rings (SSSR count). The van der Waals surface area contributed by atoms with Gasteiger partial charge in [-0.2, -0.15) is 0 Å². The molecule has 0 spiro atoms. The molecule has 0 aliphatic rings. The van der Waals surface area contributed by atoms with Gasteiger partial charge in [-0.25, -0.2) is 0 Å². The average molecular weight is 360 g/mol. The van der Waals surface area contributed by atoms with Gasteiger partial charge in [-0.1, -0.05) is 66.7 Å². The van der Waals surface area contributed by atoms with E-state index in [1.54, 1.807) is 0 Å². The molecular weight excluding hydrogens is 336 g/mol. The number of benzene rings is 3. The molecule has 0 fully saturated rings. The van der Waals surface area contributed by atoms with Crippen LogP contribution in [-0.4, -0.2) is 11.1 Å². The Morgan fingerprint density at radius 2 is 1.33 bits per heavy atom. The topological polar surface area (TPSA) is 46.5 Å². The number of hydrogen-bond donors (Lipinski definition) is 1. The van der Waals surface area contributed by atoms with E-state index in [4.69, 9.17) is 9.84 Å². The summed E-state index contributed by atoms with van der Waals surface area (Å²) < 4.78 is 5.87. The highest BCUT2D eigenvalue weighted by molar-refractivity contribution is 5.67. The van der Waals surface area contributed by atoms with Crippen molar-refractivity contribution in [3.8, 4) is 5.75 Å². The molecule has 1 N–H and O–H groups in total. The SMILES string of the molecule is O=C(O)CCc1ccc(OCc2cccc(CCc3ccccc3)c2)cc1. The van der Waals surface area contributed by atoms with Crippen LogP contribution >= 0.6 is 0 Å². The zero-order valence-corrected chi connectivity index (χ0v) is 15.3. The molecule has 0 saturated carbocycles. The van der Waals surface area contributed by atoms with Crippen molar-refractivity contribution < 1.29 is 14.6 Å². The highest BCUT2D eigenvalue weighted by atomic mass is 16.5. The van der Waals surface area contributed by atoms with Crippen molar-refractivity contribution >= 4 is 5.97 Å². The molecule has 0 amide bonds. The van der Waals surface area contributed by atoms with Crippen molar-refractivity contribution in [3.63, 3.8) is 0 Å². The summed E-state index contributed by atoms with van der Waals surface area (Å²) in [6.45, 7) is 0.521. The Bertz CT molecular complexity index is 854. The van der Waals surface area contributed by atoms with Gasteiger partial charge in [0, 0.05) is 6.42 Å². The Kier molecular flexibility index (Phi) is 6.64. The standard InChI is InChI=1S/C24H24O3/c25-24(26)16-13-20-11-14-23(15-12-20)27-18-22-8-4-7-21(17-22)10-9-19-5-2-1-3-6-19/h1-8,11-12,14-15,17H,9-10,13,16,18H2,(H,25,26). The number of carboxylic acids is 1. The zero-order valence-electron chi connectivity index (χ0n) is 15.3. The van der Waals surface area contributed by atoms with E-state index in [9.17, 15) is 4.79 Å². The van der Waals surface area contributed by atoms with Crippen LogP contribution in [0.2, 0.25) is 0 Å². The van der Waals surface area contributed by atoms with E-state index in [0.29, 0.717) is 13.0 Å². The van der Waals surface area contributed by atoms with Crippen molar-refractivity contribution in [2.75, 3.05) is 0 Å². The van der Waals surface area contributed by atoms with Crippen LogP contribution in [0.3, 0.4) is 0 Å². The van der Waals surface area contributed by atoms with Gasteiger partial charge in [-0.3, -0.25) is 4.79 Å². The van der Waals surface area contributed by atoms with Crippen molar-refractivity contribution in [1.82, 2.24) is 0 Å². The maximum Gasteiger partial charge on any atom is 0.303 e. The van der Waals surface area contributed by atoms with Crippen molar-refractivity contribution in [2.45, 2.75) is 32.3 Å². The fourth-order valence-electron chi connectivity index (χ4n) is 2.98. The van der Waals surface area contributed by atoms with E-state index in [2.05, 4.69) is 48.5 Å². The summed E-state index contributed by atoms with van der Waals surface area (Å²) in [4.78, 5) is 10.6. The highest BCUT2D eigenvalue weighted by Crippen LogP contribution is 2.16. The van der Waals surface area contributed by atoms with Crippen molar-refractivity contribution in [2.24, 2.45) is 0 Å². The summed E-state index contributed by atoms with van der Waals surface area (Å²) >= 11 is 0. The molecule has 0 bridgehead atoms. The van der Waals surface area contributed by atoms with Gasteiger partial charge in [0.05, 0.1) is 0 Å². The number of hydrogen-bond acceptors (Lipinski definition) is 2. The summed E-state index contributed by atoms with van der Waals surface area (Å²) in [6.07, 6.45) is 2.73. The predicted octanol–water partition coefficient (Wildman–Crippen LogP) is 5.07. The summed E-state index contributed by atoms with van der Waals surface area (Å²) in [5, 5.41) is 8.74. The second-order valence-electron chi connectivity index (χ2n) is 6.63. The summed E-state index contributed by atoms with van der Waals surface area (Å²) in [6, 6.07) is 26.7. The first-order valence-electron chi connectivity index (χ1n) is 9.24. The highest BCUT2D eigenvalue weighted by Gasteiger charge is 2.02. The van der Waals surface area contributed by atoms with Gasteiger partial charge in [-0.15, -0.1) is 0 Å². The maximum atomic E-state index is 10.6. The van der Waals surface area contributed by atoms with Crippen LogP contribution in [0.5, 0.6) is 5.75 Å². The van der Waals surface area contributed by atoms with Crippen LogP contribution in [0.4, 0.5) is 0 Å². The first-order chi connectivity index (χ1) is 13.2. The maximum absolute atomic E-state index is 10.6. The fraction of sp³-hybridized carbons (Fsp3) is 0.208. The van der Waals surface area contributed by atoms with Gasteiger partial charge in [0.2, 0.25) is 0 Å². The van der Waals surface area contributed by atoms with Gasteiger partial charge >= 0.3 is 5.97 Å². The molecule has 0 unspecified atom stereocenters. The second-order valence-corrected chi connectivity index (χ2v) is 6.63. The third-order valence-electron chi connectivity index (χ3n) is 4.49. The molecule has 3 aromatic carbocycles. The monoisotopic (exact) mass is 360 g/mol. The molecule has 0 heterocycles. The number of carboxylic acid groups (broad SMARTS) is 1. The number of aryl methyl sites for hydroxylation is 3. The number of ether oxygens (including phenoxy) is 1. The summed E-state index contributed by atoms with van der Waals surface area (Å²) in [5.74, 6) is 0.0197. The molecule has 3 nitrogen and oxygen atoms in total. The lowest BCUT2D eigenvalue weighted by molar-refractivity contribution is -0.136. The normalized spacial score (nSPS) is 10.5. The van der Waals surface area contributed by atoms with Gasteiger partial charge in [0.1, 0.15) is 12.4 Å². The van der Waals surface area contributed by atoms with E-state index < -0.39 is 5.97 Å². The lowest BCUT2D eigenvalue weighted by Crippen LogP contribution is -1.99. The molecule has 3 aromatic rings. The second kappa shape index (κ2) is 9.58. The number of rotatable bonds is 9. The molecule has 0 saturated heterocycles. The predicted molar refractivity (Wildman–Crippen MR) is 107 cm³/mol. The molecule has 138 valence electrons. The van der Waals surface area contributed by atoms with E-state index >= 15 is 0 Å². The van der Waals surface area contributed by atoms with E-state index in [-0.39, 0.29) is 6.42 Å². The molecule has 3 heteroatoms. The van der Waals surface area contributed by atoms with Gasteiger partial charge in [-0.05, 0) is 53.6 Å². The van der Waals surface area contributed by atoms with Crippen LogP contribution in [0.15, 0.2) is 78.9 Å². The number of carbonyl (C=O) groups is 1. The summed E-state index contributed by atoms with van der Waals surface area (Å²) in [7, 11) is 0. The zero-order chi connectivity index (χ0) is 18.9. The molecule has 27 heavy (non-hydrogen) atoms. The van der Waals surface area contributed by atoms with Gasteiger partial charge in [0.15, 0.2) is 0 Å². The molecule has 0 aromatic heterocycles. The van der Waals surface area contributed by atoms with E-state index in [1.165, 1.54) is 11.1 Å². The Morgan fingerprint density at radius 3 is 2.07 bits per heavy atom. The third kappa shape index (κ3) is 6.30. The molecule has 0 aliphatic heterocycles. The van der Waals surface area contributed by atoms with Crippen LogP contribution in [0.1, 0.15) is 28.7 Å². The minimum Gasteiger partial charge on any atom is -0.489 e. The van der Waals surface area contributed by atoms with Crippen molar-refractivity contribution in [1.29, 1.82) is 0 Å². The molecule has 0 atom stereocenters. The minimum absolute atomic E-state index is 0.149. The molecule has 0 radical (unpaired) electrons. The van der Waals surface area contributed by atoms with Crippen LogP contribution in [-0.2, 0) is 30.7 Å². The lowest BCUT2D eigenvalue weighted by Gasteiger charge is -2.09. The molecular formula is C24H24O3. The quantitative estimate of drug-likeness (QED) is 0.580. The largest absolute Gasteiger partial charge is 0.489 e. The molecule has 0 aliphatic carbocycles. The average Bonchev–Trinajstić information content (AvgIpc) is 2.71. The van der Waals surface area contributed by atoms with Crippen LogP contribution in [0, 0.1) is 0 Å². The van der Waals surface area contributed by atoms with Crippen LogP contribution < -0.4 is 4.74 Å². The Hall–Kier alpha value is -3.07. The van der Waals surface area contributed by atoms with Gasteiger partial charge in [0.25, 0.3) is 0 Å². The summed E-state index contributed by atoms with van der Waals surface area (Å²) in [5.41, 5.74) is 4.81. The van der Waals surface area contributed by atoms with Crippen molar-refractivity contribution in [3.05, 3.63) is 101 Å². The first-order valence-corrected chi connectivity index (χ1v) is 9.24.